The highest BCUT2D eigenvalue weighted by atomic mass is 16.5. The third kappa shape index (κ3) is 5.30. The molecule has 0 spiro atoms. The molecule has 4 rings (SSSR count). The molecule has 194 valence electrons. The Morgan fingerprint density at radius 2 is 1.83 bits per heavy atom. The molecule has 0 radical (unpaired) electrons. The summed E-state index contributed by atoms with van der Waals surface area (Å²) in [6.07, 6.45) is 9.60. The van der Waals surface area contributed by atoms with Gasteiger partial charge < -0.3 is 14.2 Å². The van der Waals surface area contributed by atoms with E-state index in [-0.39, 0.29) is 16.9 Å². The van der Waals surface area contributed by atoms with Gasteiger partial charge in [0.15, 0.2) is 0 Å². The molecule has 2 heterocycles. The fraction of sp³-hybridized carbons (Fsp3) is 0.548. The molecule has 1 aliphatic carbocycles. The first kappa shape index (κ1) is 26.2. The number of unbranched alkanes of at least 4 members (excludes halogenated alkanes) is 2. The number of carbonyl (C=O) groups excluding carboxylic acids is 1. The van der Waals surface area contributed by atoms with Gasteiger partial charge in [0, 0.05) is 46.8 Å². The molecule has 2 aliphatic heterocycles. The molecule has 1 aromatic rings. The van der Waals surface area contributed by atoms with Crippen LogP contribution in [-0.2, 0) is 14.3 Å². The van der Waals surface area contributed by atoms with Gasteiger partial charge in [-0.2, -0.15) is 0 Å². The maximum Gasteiger partial charge on any atom is 0.305 e. The summed E-state index contributed by atoms with van der Waals surface area (Å²) in [5.74, 6) is 2.62. The van der Waals surface area contributed by atoms with E-state index in [1.165, 1.54) is 22.3 Å². The summed E-state index contributed by atoms with van der Waals surface area (Å²) < 4.78 is 17.4. The van der Waals surface area contributed by atoms with Gasteiger partial charge in [0.25, 0.3) is 0 Å². The molecule has 0 N–H and O–H groups in total. The Balaban J connectivity index is 1.61. The van der Waals surface area contributed by atoms with Gasteiger partial charge in [0.05, 0.1) is 24.1 Å². The number of allylic oxidation sites excluding steroid dienone is 4. The molecule has 3 aliphatic rings. The van der Waals surface area contributed by atoms with Crippen LogP contribution in [0.25, 0.3) is 11.6 Å². The van der Waals surface area contributed by atoms with Crippen LogP contribution < -0.4 is 15.3 Å². The Morgan fingerprint density at radius 1 is 1.06 bits per heavy atom. The van der Waals surface area contributed by atoms with Crippen molar-refractivity contribution in [1.29, 1.82) is 0 Å². The highest BCUT2D eigenvalue weighted by Gasteiger charge is 2.34. The molecule has 5 heteroatoms. The number of fused-ring (bicyclic) bond motifs is 2. The summed E-state index contributed by atoms with van der Waals surface area (Å²) in [6.45, 7) is 16.1. The topological polar surface area (TPSA) is 57.1 Å². The second-order valence-corrected chi connectivity index (χ2v) is 11.2. The van der Waals surface area contributed by atoms with E-state index in [1.807, 2.05) is 13.8 Å². The molecule has 5 nitrogen and oxygen atoms in total. The summed E-state index contributed by atoms with van der Waals surface area (Å²) >= 11 is 0. The summed E-state index contributed by atoms with van der Waals surface area (Å²) in [4.78, 5) is 16.8. The Morgan fingerprint density at radius 3 is 2.56 bits per heavy atom. The van der Waals surface area contributed by atoms with Crippen molar-refractivity contribution in [3.05, 3.63) is 57.0 Å². The lowest BCUT2D eigenvalue weighted by atomic mass is 9.75. The third-order valence-electron chi connectivity index (χ3n) is 7.49. The van der Waals surface area contributed by atoms with Crippen molar-refractivity contribution in [3.63, 3.8) is 0 Å². The number of hydrogen-bond donors (Lipinski definition) is 0. The first-order valence-corrected chi connectivity index (χ1v) is 13.4. The van der Waals surface area contributed by atoms with E-state index in [2.05, 4.69) is 58.9 Å². The molecule has 0 atom stereocenters. The van der Waals surface area contributed by atoms with Crippen LogP contribution in [0.4, 0.5) is 0 Å². The van der Waals surface area contributed by atoms with E-state index in [0.29, 0.717) is 19.6 Å². The minimum absolute atomic E-state index is 0.0614. The molecular formula is C31H41NO4. The zero-order valence-corrected chi connectivity index (χ0v) is 23.0. The van der Waals surface area contributed by atoms with Crippen LogP contribution in [0.15, 0.2) is 45.9 Å². The van der Waals surface area contributed by atoms with Gasteiger partial charge in [-0.3, -0.25) is 9.79 Å². The molecule has 1 aromatic carbocycles. The number of esters is 1. The van der Waals surface area contributed by atoms with Crippen LogP contribution in [0.3, 0.4) is 0 Å². The summed E-state index contributed by atoms with van der Waals surface area (Å²) in [5, 5.41) is 2.10. The Labute approximate surface area is 215 Å². The maximum absolute atomic E-state index is 11.6. The quantitative estimate of drug-likeness (QED) is 0.306. The molecule has 0 amide bonds. The van der Waals surface area contributed by atoms with Gasteiger partial charge in [-0.25, -0.2) is 0 Å². The van der Waals surface area contributed by atoms with Gasteiger partial charge in [-0.1, -0.05) is 20.3 Å². The molecule has 0 bridgehead atoms. The SMILES string of the molecule is CCOC(=O)CCCCCC1=C(C)c2cc3c(cc2=NC1(C)C)OC1=C(C=3)C(C)(C)CC(OCC)=C1. The number of ether oxygens (including phenoxy) is 3. The smallest absolute Gasteiger partial charge is 0.305 e. The Hall–Kier alpha value is -2.82. The van der Waals surface area contributed by atoms with E-state index >= 15 is 0 Å². The van der Waals surface area contributed by atoms with Crippen molar-refractivity contribution in [3.8, 4) is 5.75 Å². The average Bonchev–Trinajstić information content (AvgIpc) is 2.78. The number of rotatable bonds is 9. The minimum atomic E-state index is -0.274. The summed E-state index contributed by atoms with van der Waals surface area (Å²) in [7, 11) is 0. The molecular weight excluding hydrogens is 450 g/mol. The maximum atomic E-state index is 11.6. The zero-order valence-electron chi connectivity index (χ0n) is 23.0. The first-order valence-electron chi connectivity index (χ1n) is 13.4. The van der Waals surface area contributed by atoms with Crippen molar-refractivity contribution in [2.75, 3.05) is 13.2 Å². The fourth-order valence-corrected chi connectivity index (χ4v) is 5.69. The summed E-state index contributed by atoms with van der Waals surface area (Å²) in [6, 6.07) is 4.35. The standard InChI is InChI=1S/C31H41NO4/c1-8-34-22-17-28-25(30(4,5)19-22)16-21-15-23-20(3)24(13-11-10-12-14-29(33)35-9-2)31(6,7)32-26(23)18-27(21)36-28/h15-18H,8-14,19H2,1-7H3. The van der Waals surface area contributed by atoms with E-state index in [4.69, 9.17) is 19.2 Å². The van der Waals surface area contributed by atoms with Gasteiger partial charge in [-0.05, 0) is 77.2 Å². The lowest BCUT2D eigenvalue weighted by Gasteiger charge is -2.35. The molecule has 0 fully saturated rings. The lowest BCUT2D eigenvalue weighted by Crippen LogP contribution is -2.33. The highest BCUT2D eigenvalue weighted by molar-refractivity contribution is 5.72. The zero-order chi connectivity index (χ0) is 26.1. The predicted molar refractivity (Wildman–Crippen MR) is 144 cm³/mol. The van der Waals surface area contributed by atoms with Crippen molar-refractivity contribution in [2.45, 2.75) is 92.5 Å². The van der Waals surface area contributed by atoms with Crippen LogP contribution in [0.1, 0.15) is 92.6 Å². The van der Waals surface area contributed by atoms with Crippen molar-refractivity contribution in [2.24, 2.45) is 10.4 Å². The second-order valence-electron chi connectivity index (χ2n) is 11.2. The number of carbonyl (C=O) groups is 1. The molecule has 0 aromatic heterocycles. The first-order chi connectivity index (χ1) is 17.1. The van der Waals surface area contributed by atoms with Crippen molar-refractivity contribution in [1.82, 2.24) is 0 Å². The van der Waals surface area contributed by atoms with E-state index in [1.54, 1.807) is 0 Å². The molecule has 0 saturated heterocycles. The van der Waals surface area contributed by atoms with Gasteiger partial charge in [0.1, 0.15) is 17.3 Å². The van der Waals surface area contributed by atoms with Crippen molar-refractivity contribution < 1.29 is 19.0 Å². The molecule has 0 saturated carbocycles. The Bertz CT molecular complexity index is 1260. The Kier molecular flexibility index (Phi) is 7.49. The van der Waals surface area contributed by atoms with Crippen LogP contribution in [0.5, 0.6) is 5.75 Å². The number of nitrogens with zero attached hydrogens (tertiary/aromatic N) is 1. The lowest BCUT2D eigenvalue weighted by molar-refractivity contribution is -0.143. The molecule has 0 unspecified atom stereocenters. The van der Waals surface area contributed by atoms with Crippen molar-refractivity contribution >= 4 is 17.6 Å². The average molecular weight is 492 g/mol. The highest BCUT2D eigenvalue weighted by Crippen LogP contribution is 2.43. The van der Waals surface area contributed by atoms with E-state index in [0.717, 1.165) is 59.9 Å². The van der Waals surface area contributed by atoms with Crippen LogP contribution >= 0.6 is 0 Å². The largest absolute Gasteiger partial charge is 0.498 e. The van der Waals surface area contributed by atoms with Crippen LogP contribution in [0.2, 0.25) is 0 Å². The monoisotopic (exact) mass is 491 g/mol. The normalized spacial score (nSPS) is 19.1. The van der Waals surface area contributed by atoms with Crippen LogP contribution in [0, 0.1) is 5.41 Å². The predicted octanol–water partition coefficient (Wildman–Crippen LogP) is 6.16. The van der Waals surface area contributed by atoms with Crippen LogP contribution in [-0.4, -0.2) is 24.7 Å². The third-order valence-corrected chi connectivity index (χ3v) is 7.49. The number of benzene rings is 1. The van der Waals surface area contributed by atoms with Gasteiger partial charge in [0.2, 0.25) is 0 Å². The van der Waals surface area contributed by atoms with E-state index in [9.17, 15) is 4.79 Å². The van der Waals surface area contributed by atoms with Gasteiger partial charge >= 0.3 is 5.97 Å². The van der Waals surface area contributed by atoms with Gasteiger partial charge in [-0.15, -0.1) is 0 Å². The number of hydrogen-bond acceptors (Lipinski definition) is 5. The minimum Gasteiger partial charge on any atom is -0.498 e. The van der Waals surface area contributed by atoms with E-state index < -0.39 is 0 Å². The summed E-state index contributed by atoms with van der Waals surface area (Å²) in [5.41, 5.74) is 4.77. The second kappa shape index (κ2) is 10.3. The fourth-order valence-electron chi connectivity index (χ4n) is 5.69. The molecule has 36 heavy (non-hydrogen) atoms.